The standard InChI is InChI=1S/C27H26N2O4/c1-20-17-23(11-12-26(20)32-19-27(30)31)24(18-21-7-3-2-4-8-21)28-33-16-15-29-14-13-22-9-5-6-10-25(22)29/h2-14,17H,15-16,18-19H2,1H3,(H,30,31)/b28-24+. The summed E-state index contributed by atoms with van der Waals surface area (Å²) in [4.78, 5) is 16.6. The largest absolute Gasteiger partial charge is 0.482 e. The van der Waals surface area contributed by atoms with E-state index in [1.807, 2.05) is 49.4 Å². The maximum absolute atomic E-state index is 10.8. The normalized spacial score (nSPS) is 11.5. The Hall–Kier alpha value is -4.06. The highest BCUT2D eigenvalue weighted by molar-refractivity contribution is 6.01. The summed E-state index contributed by atoms with van der Waals surface area (Å²) in [5.74, 6) is -0.464. The molecule has 0 radical (unpaired) electrons. The number of hydrogen-bond donors (Lipinski definition) is 1. The minimum atomic E-state index is -1.01. The number of carboxylic acid groups (broad SMARTS) is 1. The van der Waals surface area contributed by atoms with Crippen LogP contribution in [0.25, 0.3) is 10.9 Å². The van der Waals surface area contributed by atoms with E-state index in [-0.39, 0.29) is 6.61 Å². The zero-order valence-electron chi connectivity index (χ0n) is 18.5. The third kappa shape index (κ3) is 5.80. The summed E-state index contributed by atoms with van der Waals surface area (Å²) in [6.45, 7) is 2.65. The zero-order valence-corrected chi connectivity index (χ0v) is 18.5. The van der Waals surface area contributed by atoms with E-state index in [1.165, 1.54) is 10.9 Å². The molecule has 0 aliphatic rings. The van der Waals surface area contributed by atoms with Crippen molar-refractivity contribution < 1.29 is 19.5 Å². The Morgan fingerprint density at radius 1 is 1.00 bits per heavy atom. The van der Waals surface area contributed by atoms with Crippen molar-refractivity contribution in [3.05, 3.63) is 102 Å². The molecule has 4 rings (SSSR count). The van der Waals surface area contributed by atoms with Crippen LogP contribution < -0.4 is 4.74 Å². The molecule has 1 N–H and O–H groups in total. The van der Waals surface area contributed by atoms with E-state index in [0.717, 1.165) is 22.4 Å². The van der Waals surface area contributed by atoms with Crippen LogP contribution in [0.2, 0.25) is 0 Å². The molecule has 3 aromatic carbocycles. The van der Waals surface area contributed by atoms with Crippen LogP contribution in [0.5, 0.6) is 5.75 Å². The summed E-state index contributed by atoms with van der Waals surface area (Å²) in [5, 5.41) is 14.5. The Morgan fingerprint density at radius 2 is 1.79 bits per heavy atom. The van der Waals surface area contributed by atoms with Gasteiger partial charge in [-0.15, -0.1) is 0 Å². The molecule has 0 unspecified atom stereocenters. The number of fused-ring (bicyclic) bond motifs is 1. The van der Waals surface area contributed by atoms with Gasteiger partial charge in [-0.3, -0.25) is 0 Å². The van der Waals surface area contributed by atoms with Gasteiger partial charge in [-0.05, 0) is 53.8 Å². The van der Waals surface area contributed by atoms with Gasteiger partial charge in [0.1, 0.15) is 12.4 Å². The van der Waals surface area contributed by atoms with E-state index < -0.39 is 5.97 Å². The predicted octanol–water partition coefficient (Wildman–Crippen LogP) is 5.08. The van der Waals surface area contributed by atoms with E-state index in [0.29, 0.717) is 25.3 Å². The summed E-state index contributed by atoms with van der Waals surface area (Å²) in [6.07, 6.45) is 2.67. The molecule has 0 amide bonds. The summed E-state index contributed by atoms with van der Waals surface area (Å²) < 4.78 is 7.51. The number of rotatable bonds is 10. The number of oxime groups is 1. The molecule has 1 heterocycles. The van der Waals surface area contributed by atoms with Crippen molar-refractivity contribution in [1.29, 1.82) is 0 Å². The lowest BCUT2D eigenvalue weighted by molar-refractivity contribution is -0.139. The molecule has 168 valence electrons. The molecule has 1 aromatic heterocycles. The first kappa shape index (κ1) is 22.1. The van der Waals surface area contributed by atoms with Crippen LogP contribution >= 0.6 is 0 Å². The second kappa shape index (κ2) is 10.5. The average Bonchev–Trinajstić information content (AvgIpc) is 3.24. The highest BCUT2D eigenvalue weighted by Gasteiger charge is 2.10. The average molecular weight is 443 g/mol. The van der Waals surface area contributed by atoms with Crippen molar-refractivity contribution in [1.82, 2.24) is 4.57 Å². The lowest BCUT2D eigenvalue weighted by Gasteiger charge is -2.12. The van der Waals surface area contributed by atoms with Crippen LogP contribution in [0, 0.1) is 6.92 Å². The van der Waals surface area contributed by atoms with Crippen molar-refractivity contribution in [3.63, 3.8) is 0 Å². The van der Waals surface area contributed by atoms with Gasteiger partial charge in [-0.1, -0.05) is 53.7 Å². The molecule has 0 saturated carbocycles. The second-order valence-corrected chi connectivity index (χ2v) is 7.76. The lowest BCUT2D eigenvalue weighted by atomic mass is 10.0. The fraction of sp³-hybridized carbons (Fsp3) is 0.185. The molecule has 0 saturated heterocycles. The van der Waals surface area contributed by atoms with Gasteiger partial charge in [0.2, 0.25) is 0 Å². The Kier molecular flexibility index (Phi) is 7.05. The topological polar surface area (TPSA) is 73.0 Å². The van der Waals surface area contributed by atoms with Gasteiger partial charge in [0.15, 0.2) is 6.61 Å². The molecule has 0 atom stereocenters. The third-order valence-corrected chi connectivity index (χ3v) is 5.35. The molecule has 6 heteroatoms. The van der Waals surface area contributed by atoms with Crippen molar-refractivity contribution >= 4 is 22.6 Å². The number of carboxylic acids is 1. The molecule has 0 aliphatic carbocycles. The monoisotopic (exact) mass is 442 g/mol. The Morgan fingerprint density at radius 3 is 2.58 bits per heavy atom. The minimum Gasteiger partial charge on any atom is -0.482 e. The molecule has 6 nitrogen and oxygen atoms in total. The lowest BCUT2D eigenvalue weighted by Crippen LogP contribution is -2.11. The summed E-state index contributed by atoms with van der Waals surface area (Å²) >= 11 is 0. The van der Waals surface area contributed by atoms with Gasteiger partial charge < -0.3 is 19.2 Å². The van der Waals surface area contributed by atoms with Crippen molar-refractivity contribution in [2.75, 3.05) is 13.2 Å². The van der Waals surface area contributed by atoms with Gasteiger partial charge >= 0.3 is 5.97 Å². The number of aromatic nitrogens is 1. The number of hydrogen-bond acceptors (Lipinski definition) is 4. The van der Waals surface area contributed by atoms with Crippen molar-refractivity contribution in [3.8, 4) is 5.75 Å². The van der Waals surface area contributed by atoms with Crippen molar-refractivity contribution in [2.45, 2.75) is 19.9 Å². The maximum atomic E-state index is 10.8. The highest BCUT2D eigenvalue weighted by atomic mass is 16.6. The van der Waals surface area contributed by atoms with Gasteiger partial charge in [0.25, 0.3) is 0 Å². The Labute approximate surface area is 192 Å². The van der Waals surface area contributed by atoms with Crippen LogP contribution in [-0.4, -0.2) is 34.6 Å². The summed E-state index contributed by atoms with van der Waals surface area (Å²) in [7, 11) is 0. The first-order valence-corrected chi connectivity index (χ1v) is 10.8. The second-order valence-electron chi connectivity index (χ2n) is 7.76. The SMILES string of the molecule is Cc1cc(/C(Cc2ccccc2)=N/OCCn2ccc3ccccc32)ccc1OCC(=O)O. The zero-order chi connectivity index (χ0) is 23.0. The Bertz CT molecular complexity index is 1260. The van der Waals surface area contributed by atoms with E-state index in [1.54, 1.807) is 6.07 Å². The summed E-state index contributed by atoms with van der Waals surface area (Å²) in [5.41, 5.74) is 4.84. The fourth-order valence-corrected chi connectivity index (χ4v) is 3.70. The first-order valence-electron chi connectivity index (χ1n) is 10.8. The quantitative estimate of drug-likeness (QED) is 0.211. The van der Waals surface area contributed by atoms with Crippen LogP contribution in [0.4, 0.5) is 0 Å². The van der Waals surface area contributed by atoms with Crippen molar-refractivity contribution in [2.24, 2.45) is 5.16 Å². The van der Waals surface area contributed by atoms with Crippen LogP contribution in [-0.2, 0) is 22.6 Å². The molecule has 33 heavy (non-hydrogen) atoms. The van der Waals surface area contributed by atoms with Gasteiger partial charge in [-0.2, -0.15) is 0 Å². The van der Waals surface area contributed by atoms with Gasteiger partial charge in [0, 0.05) is 23.7 Å². The summed E-state index contributed by atoms with van der Waals surface area (Å²) in [6, 6.07) is 26.0. The van der Waals surface area contributed by atoms with Gasteiger partial charge in [0.05, 0.1) is 12.3 Å². The van der Waals surface area contributed by atoms with E-state index in [4.69, 9.17) is 14.7 Å². The molecular formula is C27H26N2O4. The smallest absolute Gasteiger partial charge is 0.341 e. The van der Waals surface area contributed by atoms with E-state index >= 15 is 0 Å². The maximum Gasteiger partial charge on any atom is 0.341 e. The number of carbonyl (C=O) groups is 1. The predicted molar refractivity (Wildman–Crippen MR) is 129 cm³/mol. The minimum absolute atomic E-state index is 0.373. The van der Waals surface area contributed by atoms with E-state index in [9.17, 15) is 4.79 Å². The number of nitrogens with zero attached hydrogens (tertiary/aromatic N) is 2. The molecule has 0 spiro atoms. The number of aryl methyl sites for hydroxylation is 1. The molecule has 0 aliphatic heterocycles. The molecular weight excluding hydrogens is 416 g/mol. The van der Waals surface area contributed by atoms with Crippen LogP contribution in [0.15, 0.2) is 90.2 Å². The molecule has 4 aromatic rings. The third-order valence-electron chi connectivity index (χ3n) is 5.35. The van der Waals surface area contributed by atoms with E-state index in [2.05, 4.69) is 46.3 Å². The molecule has 0 bridgehead atoms. The number of aliphatic carboxylic acids is 1. The van der Waals surface area contributed by atoms with Gasteiger partial charge in [-0.25, -0.2) is 4.79 Å². The Balaban J connectivity index is 1.50. The molecule has 0 fully saturated rings. The number of benzene rings is 3. The number of para-hydroxylation sites is 1. The first-order chi connectivity index (χ1) is 16.1. The highest BCUT2D eigenvalue weighted by Crippen LogP contribution is 2.21. The number of ether oxygens (including phenoxy) is 1. The van der Waals surface area contributed by atoms with Crippen LogP contribution in [0.1, 0.15) is 16.7 Å². The fourth-order valence-electron chi connectivity index (χ4n) is 3.70. The van der Waals surface area contributed by atoms with Crippen LogP contribution in [0.3, 0.4) is 0 Å².